The summed E-state index contributed by atoms with van der Waals surface area (Å²) in [5.74, 6) is -0.161. The Bertz CT molecular complexity index is 578. The maximum absolute atomic E-state index is 12.3. The molecule has 0 heterocycles. The van der Waals surface area contributed by atoms with E-state index in [0.29, 0.717) is 12.8 Å². The molecule has 0 rings (SSSR count). The first-order valence-electron chi connectivity index (χ1n) is 16.6. The Balaban J connectivity index is 3.80. The minimum absolute atomic E-state index is 0.161. The fourth-order valence-corrected chi connectivity index (χ4v) is 4.88. The smallest absolute Gasteiger partial charge is 0.220 e. The predicted molar refractivity (Wildman–Crippen MR) is 167 cm³/mol. The van der Waals surface area contributed by atoms with E-state index >= 15 is 0 Å². The van der Waals surface area contributed by atoms with E-state index < -0.39 is 18.2 Å². The van der Waals surface area contributed by atoms with Crippen molar-refractivity contribution < 1.29 is 20.1 Å². The number of carbonyl (C=O) groups excluding carboxylic acids is 1. The first-order valence-corrected chi connectivity index (χ1v) is 16.6. The number of aliphatic hydroxyl groups excluding tert-OH is 3. The van der Waals surface area contributed by atoms with E-state index in [-0.39, 0.29) is 12.5 Å². The van der Waals surface area contributed by atoms with Crippen molar-refractivity contribution in [1.29, 1.82) is 0 Å². The fourth-order valence-electron chi connectivity index (χ4n) is 4.88. The molecule has 4 N–H and O–H groups in total. The van der Waals surface area contributed by atoms with E-state index in [1.54, 1.807) is 0 Å². The highest BCUT2D eigenvalue weighted by Gasteiger charge is 2.26. The van der Waals surface area contributed by atoms with Crippen molar-refractivity contribution in [1.82, 2.24) is 5.32 Å². The predicted octanol–water partition coefficient (Wildman–Crippen LogP) is 8.31. The number of nitrogens with one attached hydrogen (secondary N) is 1. The van der Waals surface area contributed by atoms with Gasteiger partial charge in [0.25, 0.3) is 0 Å². The molecule has 0 spiro atoms. The lowest BCUT2D eigenvalue weighted by Crippen LogP contribution is -2.50. The van der Waals surface area contributed by atoms with Gasteiger partial charge < -0.3 is 20.6 Å². The molecule has 1 amide bonds. The average molecular weight is 552 g/mol. The molecule has 0 aliphatic rings. The van der Waals surface area contributed by atoms with E-state index in [9.17, 15) is 20.1 Å². The Morgan fingerprint density at radius 3 is 1.56 bits per heavy atom. The minimum atomic E-state index is -1.16. The third-order valence-corrected chi connectivity index (χ3v) is 7.54. The molecule has 0 aromatic carbocycles. The summed E-state index contributed by atoms with van der Waals surface area (Å²) in [4.78, 5) is 12.3. The first kappa shape index (κ1) is 37.8. The van der Waals surface area contributed by atoms with Crippen LogP contribution in [0.3, 0.4) is 0 Å². The highest BCUT2D eigenvalue weighted by atomic mass is 16.3. The monoisotopic (exact) mass is 551 g/mol. The number of carbonyl (C=O) groups is 1. The van der Waals surface area contributed by atoms with E-state index in [0.717, 1.165) is 44.9 Å². The second-order valence-electron chi connectivity index (χ2n) is 11.4. The molecule has 0 aliphatic heterocycles. The van der Waals surface area contributed by atoms with Crippen molar-refractivity contribution >= 4 is 5.91 Å². The topological polar surface area (TPSA) is 89.8 Å². The molecule has 0 radical (unpaired) electrons. The van der Waals surface area contributed by atoms with Crippen molar-refractivity contribution in [2.24, 2.45) is 0 Å². The van der Waals surface area contributed by atoms with Gasteiger partial charge in [-0.15, -0.1) is 0 Å². The summed E-state index contributed by atoms with van der Waals surface area (Å²) >= 11 is 0. The Labute approximate surface area is 241 Å². The van der Waals surface area contributed by atoms with Crippen molar-refractivity contribution in [3.05, 3.63) is 24.3 Å². The molecule has 5 nitrogen and oxygen atoms in total. The molecule has 0 fully saturated rings. The van der Waals surface area contributed by atoms with E-state index in [1.165, 1.54) is 89.9 Å². The highest BCUT2D eigenvalue weighted by Crippen LogP contribution is 2.14. The van der Waals surface area contributed by atoms with Crippen molar-refractivity contribution in [2.75, 3.05) is 6.61 Å². The second-order valence-corrected chi connectivity index (χ2v) is 11.4. The normalized spacial score (nSPS) is 14.3. The summed E-state index contributed by atoms with van der Waals surface area (Å²) < 4.78 is 0. The van der Waals surface area contributed by atoms with Gasteiger partial charge in [-0.3, -0.25) is 4.79 Å². The Morgan fingerprint density at radius 2 is 1.05 bits per heavy atom. The summed E-state index contributed by atoms with van der Waals surface area (Å²) in [7, 11) is 0. The van der Waals surface area contributed by atoms with E-state index in [4.69, 9.17) is 0 Å². The summed E-state index contributed by atoms with van der Waals surface area (Å²) in [5.41, 5.74) is 0. The molecule has 0 bridgehead atoms. The lowest BCUT2D eigenvalue weighted by Gasteiger charge is -2.26. The van der Waals surface area contributed by atoms with Crippen molar-refractivity contribution in [3.8, 4) is 0 Å². The number of allylic oxidation sites excluding steroid dienone is 4. The van der Waals surface area contributed by atoms with Crippen LogP contribution in [0.2, 0.25) is 0 Å². The number of aliphatic hydroxyl groups is 3. The van der Waals surface area contributed by atoms with Gasteiger partial charge in [0.15, 0.2) is 0 Å². The van der Waals surface area contributed by atoms with Gasteiger partial charge in [-0.2, -0.15) is 0 Å². The minimum Gasteiger partial charge on any atom is -0.394 e. The van der Waals surface area contributed by atoms with E-state index in [1.807, 2.05) is 0 Å². The van der Waals surface area contributed by atoms with Gasteiger partial charge in [-0.1, -0.05) is 128 Å². The maximum Gasteiger partial charge on any atom is 0.220 e. The Morgan fingerprint density at radius 1 is 0.615 bits per heavy atom. The van der Waals surface area contributed by atoms with Crippen LogP contribution < -0.4 is 5.32 Å². The molecule has 230 valence electrons. The molecule has 0 aromatic heterocycles. The molecule has 5 heteroatoms. The average Bonchev–Trinajstić information content (AvgIpc) is 2.94. The SMILES string of the molecule is CCCCC/C=C/CC/C=C/CCCC(O)C(O)C(CO)NC(=O)CCCCCCCCCCCCCCC. The third-order valence-electron chi connectivity index (χ3n) is 7.54. The van der Waals surface area contributed by atoms with Crippen LogP contribution in [0.1, 0.15) is 162 Å². The first-order chi connectivity index (χ1) is 19.1. The lowest BCUT2D eigenvalue weighted by molar-refractivity contribution is -0.124. The molecular formula is C34H65NO4. The quantitative estimate of drug-likeness (QED) is 0.0556. The number of unbranched alkanes of at least 4 members (excludes halogenated alkanes) is 17. The van der Waals surface area contributed by atoms with Crippen LogP contribution in [-0.2, 0) is 4.79 Å². The van der Waals surface area contributed by atoms with Gasteiger partial charge in [-0.25, -0.2) is 0 Å². The summed E-state index contributed by atoms with van der Waals surface area (Å²) in [5, 5.41) is 33.2. The van der Waals surface area contributed by atoms with Crippen LogP contribution in [0.25, 0.3) is 0 Å². The van der Waals surface area contributed by atoms with Gasteiger partial charge in [0, 0.05) is 6.42 Å². The number of amides is 1. The standard InChI is InChI=1S/C34H65NO4/c1-3-5-7-9-11-13-15-17-19-21-23-25-27-29-33(38)35-31(30-36)34(39)32(37)28-26-24-22-20-18-16-14-12-10-8-6-4-2/h12,14,20,22,31-32,34,36-37,39H,3-11,13,15-19,21,23-30H2,1-2H3,(H,35,38)/b14-12+,22-20+. The number of rotatable bonds is 29. The van der Waals surface area contributed by atoms with Gasteiger partial charge in [0.05, 0.1) is 18.8 Å². The molecular weight excluding hydrogens is 486 g/mol. The van der Waals surface area contributed by atoms with Crippen LogP contribution >= 0.6 is 0 Å². The third kappa shape index (κ3) is 25.5. The van der Waals surface area contributed by atoms with Gasteiger partial charge in [-0.05, 0) is 51.4 Å². The summed E-state index contributed by atoms with van der Waals surface area (Å²) in [6.07, 6.45) is 32.6. The molecule has 0 aliphatic carbocycles. The molecule has 3 unspecified atom stereocenters. The zero-order valence-electron chi connectivity index (χ0n) is 25.8. The fraction of sp³-hybridized carbons (Fsp3) is 0.853. The van der Waals surface area contributed by atoms with Crippen LogP contribution in [0.4, 0.5) is 0 Å². The van der Waals surface area contributed by atoms with E-state index in [2.05, 4.69) is 43.5 Å². The highest BCUT2D eigenvalue weighted by molar-refractivity contribution is 5.76. The summed E-state index contributed by atoms with van der Waals surface area (Å²) in [6.45, 7) is 4.10. The molecule has 0 saturated carbocycles. The Kier molecular flexibility index (Phi) is 28.9. The number of hydrogen-bond donors (Lipinski definition) is 4. The van der Waals surface area contributed by atoms with Crippen LogP contribution in [-0.4, -0.2) is 46.1 Å². The maximum atomic E-state index is 12.3. The number of hydrogen-bond acceptors (Lipinski definition) is 4. The zero-order chi connectivity index (χ0) is 28.8. The van der Waals surface area contributed by atoms with Gasteiger partial charge in [0.1, 0.15) is 6.10 Å². The van der Waals surface area contributed by atoms with Crippen LogP contribution in [0.5, 0.6) is 0 Å². The molecule has 3 atom stereocenters. The zero-order valence-corrected chi connectivity index (χ0v) is 25.8. The molecule has 0 aromatic rings. The van der Waals surface area contributed by atoms with Crippen molar-refractivity contribution in [3.63, 3.8) is 0 Å². The largest absolute Gasteiger partial charge is 0.394 e. The second kappa shape index (κ2) is 29.8. The molecule has 0 saturated heterocycles. The van der Waals surface area contributed by atoms with Crippen LogP contribution in [0, 0.1) is 0 Å². The lowest BCUT2D eigenvalue weighted by atomic mass is 10.0. The van der Waals surface area contributed by atoms with Crippen molar-refractivity contribution in [2.45, 2.75) is 180 Å². The summed E-state index contributed by atoms with van der Waals surface area (Å²) in [6, 6.07) is -0.825. The van der Waals surface area contributed by atoms with Crippen LogP contribution in [0.15, 0.2) is 24.3 Å². The Hall–Kier alpha value is -1.17. The van der Waals surface area contributed by atoms with Gasteiger partial charge >= 0.3 is 0 Å². The van der Waals surface area contributed by atoms with Gasteiger partial charge in [0.2, 0.25) is 5.91 Å². The molecule has 39 heavy (non-hydrogen) atoms.